The van der Waals surface area contributed by atoms with Gasteiger partial charge >= 0.3 is 0 Å². The minimum Gasteiger partial charge on any atom is -0.497 e. The monoisotopic (exact) mass is 466 g/mol. The van der Waals surface area contributed by atoms with E-state index in [1.54, 1.807) is 7.11 Å². The van der Waals surface area contributed by atoms with E-state index in [0.29, 0.717) is 0 Å². The summed E-state index contributed by atoms with van der Waals surface area (Å²) in [6.07, 6.45) is 4.23. The molecule has 174 valence electrons. The summed E-state index contributed by atoms with van der Waals surface area (Å²) in [4.78, 5) is 0. The number of ether oxygens (including phenoxy) is 1. The second-order valence-corrected chi connectivity index (χ2v) is 9.74. The first-order chi connectivity index (χ1) is 17.8. The second kappa shape index (κ2) is 8.49. The molecule has 36 heavy (non-hydrogen) atoms. The lowest BCUT2D eigenvalue weighted by atomic mass is 9.77. The van der Waals surface area contributed by atoms with E-state index >= 15 is 0 Å². The molecule has 0 fully saturated rings. The summed E-state index contributed by atoms with van der Waals surface area (Å²) in [5.74, 6) is 0.879. The lowest BCUT2D eigenvalue weighted by Crippen LogP contribution is -2.41. The Morgan fingerprint density at radius 3 is 1.64 bits per heavy atom. The summed E-state index contributed by atoms with van der Waals surface area (Å²) < 4.78 is 8.06. The number of nitrogens with zero attached hydrogens (tertiary/aromatic N) is 1. The van der Waals surface area contributed by atoms with Crippen LogP contribution < -0.4 is 9.30 Å². The van der Waals surface area contributed by atoms with Gasteiger partial charge in [0.25, 0.3) is 0 Å². The average Bonchev–Trinajstić information content (AvgIpc) is 2.96. The second-order valence-electron chi connectivity index (χ2n) is 9.74. The molecule has 2 aliphatic carbocycles. The van der Waals surface area contributed by atoms with Crippen molar-refractivity contribution in [1.82, 2.24) is 0 Å². The van der Waals surface area contributed by atoms with Crippen LogP contribution >= 0.6 is 0 Å². The van der Waals surface area contributed by atoms with Crippen LogP contribution in [0.1, 0.15) is 22.3 Å². The molecule has 0 N–H and O–H groups in total. The summed E-state index contributed by atoms with van der Waals surface area (Å²) in [5.41, 5.74) is 15.1. The smallest absolute Gasteiger partial charge is 0.223 e. The first-order valence-corrected chi connectivity index (χ1v) is 12.8. The fourth-order valence-electron chi connectivity index (χ4n) is 6.25. The Kier molecular flexibility index (Phi) is 4.99. The standard InChI is InChI=1S/C34H28NO/c1-36-27-19-17-26(18-20-27)35-33-28-13-7-5-9-23(28)15-21-30(33)32(25-11-3-2-4-12-25)31-22-16-24-10-6-8-14-29(24)34(31)35/h2-14,17-20H,15-16,21-22H2,1H3/q+1. The zero-order valence-corrected chi connectivity index (χ0v) is 20.5. The van der Waals surface area contributed by atoms with Crippen LogP contribution in [0.2, 0.25) is 0 Å². The van der Waals surface area contributed by atoms with E-state index < -0.39 is 0 Å². The number of methoxy groups -OCH3 is 1. The molecule has 1 heterocycles. The highest BCUT2D eigenvalue weighted by Gasteiger charge is 2.38. The van der Waals surface area contributed by atoms with Crippen molar-refractivity contribution in [3.05, 3.63) is 125 Å². The third-order valence-corrected chi connectivity index (χ3v) is 7.85. The number of benzene rings is 4. The highest BCUT2D eigenvalue weighted by Crippen LogP contribution is 2.45. The first kappa shape index (κ1) is 21.1. The van der Waals surface area contributed by atoms with Crippen molar-refractivity contribution in [3.63, 3.8) is 0 Å². The average molecular weight is 467 g/mol. The molecule has 0 saturated carbocycles. The van der Waals surface area contributed by atoms with Crippen LogP contribution in [0.15, 0.2) is 103 Å². The van der Waals surface area contributed by atoms with Crippen molar-refractivity contribution in [2.75, 3.05) is 7.11 Å². The molecular formula is C34H28NO+. The number of rotatable bonds is 3. The minimum absolute atomic E-state index is 0.879. The number of pyridine rings is 1. The molecule has 1 aromatic heterocycles. The molecule has 2 aliphatic rings. The molecule has 0 spiro atoms. The Hall–Kier alpha value is -4.17. The third kappa shape index (κ3) is 3.21. The zero-order valence-electron chi connectivity index (χ0n) is 20.5. The fraction of sp³-hybridized carbons (Fsp3) is 0.147. The van der Waals surface area contributed by atoms with Crippen molar-refractivity contribution in [2.24, 2.45) is 0 Å². The topological polar surface area (TPSA) is 13.1 Å². The van der Waals surface area contributed by atoms with Crippen molar-refractivity contribution in [1.29, 1.82) is 0 Å². The lowest BCUT2D eigenvalue weighted by molar-refractivity contribution is -0.573. The van der Waals surface area contributed by atoms with Gasteiger partial charge in [-0.2, -0.15) is 4.57 Å². The van der Waals surface area contributed by atoms with Gasteiger partial charge in [-0.15, -0.1) is 0 Å². The van der Waals surface area contributed by atoms with Crippen LogP contribution in [0.5, 0.6) is 5.75 Å². The summed E-state index contributed by atoms with van der Waals surface area (Å²) in [6.45, 7) is 0. The molecular weight excluding hydrogens is 438 g/mol. The quantitative estimate of drug-likeness (QED) is 0.257. The van der Waals surface area contributed by atoms with E-state index in [-0.39, 0.29) is 0 Å². The Morgan fingerprint density at radius 2 is 1.08 bits per heavy atom. The van der Waals surface area contributed by atoms with E-state index in [4.69, 9.17) is 4.74 Å². The van der Waals surface area contributed by atoms with Gasteiger partial charge in [0.15, 0.2) is 0 Å². The third-order valence-electron chi connectivity index (χ3n) is 7.85. The number of fused-ring (bicyclic) bond motifs is 6. The molecule has 0 unspecified atom stereocenters. The molecule has 0 atom stereocenters. The van der Waals surface area contributed by atoms with Crippen LogP contribution in [-0.4, -0.2) is 7.11 Å². The largest absolute Gasteiger partial charge is 0.497 e. The SMILES string of the molecule is COc1ccc(-[n+]2c3c(c(-c4ccccc4)c4c2-c2ccccc2CC4)CCc2ccccc2-3)cc1. The number of aromatic nitrogens is 1. The molecule has 0 amide bonds. The van der Waals surface area contributed by atoms with Crippen LogP contribution in [0.4, 0.5) is 0 Å². The highest BCUT2D eigenvalue weighted by atomic mass is 16.5. The summed E-state index contributed by atoms with van der Waals surface area (Å²) in [7, 11) is 1.73. The van der Waals surface area contributed by atoms with Gasteiger partial charge in [0, 0.05) is 28.8 Å². The summed E-state index contributed by atoms with van der Waals surface area (Å²) in [6, 6.07) is 37.5. The molecule has 0 aliphatic heterocycles. The van der Waals surface area contributed by atoms with Crippen molar-refractivity contribution in [3.8, 4) is 45.1 Å². The maximum absolute atomic E-state index is 5.51. The Labute approximate surface area is 212 Å². The van der Waals surface area contributed by atoms with Gasteiger partial charge in [0.2, 0.25) is 17.1 Å². The Bertz CT molecular complexity index is 1520. The van der Waals surface area contributed by atoms with E-state index in [1.807, 2.05) is 0 Å². The predicted octanol–water partition coefficient (Wildman–Crippen LogP) is 7.17. The van der Waals surface area contributed by atoms with Crippen molar-refractivity contribution < 1.29 is 9.30 Å². The molecule has 4 aromatic carbocycles. The normalized spacial score (nSPS) is 13.2. The van der Waals surface area contributed by atoms with E-state index in [2.05, 4.69) is 108 Å². The molecule has 0 bridgehead atoms. The minimum atomic E-state index is 0.879. The van der Waals surface area contributed by atoms with Crippen LogP contribution in [0.3, 0.4) is 0 Å². The van der Waals surface area contributed by atoms with Crippen LogP contribution in [-0.2, 0) is 25.7 Å². The van der Waals surface area contributed by atoms with Crippen LogP contribution in [0, 0.1) is 0 Å². The highest BCUT2D eigenvalue weighted by molar-refractivity contribution is 5.85. The first-order valence-electron chi connectivity index (χ1n) is 12.8. The van der Waals surface area contributed by atoms with Gasteiger partial charge in [0.05, 0.1) is 18.2 Å². The van der Waals surface area contributed by atoms with Gasteiger partial charge in [-0.25, -0.2) is 0 Å². The summed E-state index contributed by atoms with van der Waals surface area (Å²) in [5, 5.41) is 0. The number of hydrogen-bond acceptors (Lipinski definition) is 1. The molecule has 0 saturated heterocycles. The fourth-order valence-corrected chi connectivity index (χ4v) is 6.25. The zero-order chi connectivity index (χ0) is 24.1. The van der Waals surface area contributed by atoms with E-state index in [1.165, 1.54) is 61.6 Å². The molecule has 2 heteroatoms. The molecule has 0 radical (unpaired) electrons. The van der Waals surface area contributed by atoms with Gasteiger partial charge in [-0.3, -0.25) is 0 Å². The molecule has 2 nitrogen and oxygen atoms in total. The van der Waals surface area contributed by atoms with Gasteiger partial charge < -0.3 is 4.74 Å². The van der Waals surface area contributed by atoms with Gasteiger partial charge in [0.1, 0.15) is 5.75 Å². The Balaban J connectivity index is 1.67. The van der Waals surface area contributed by atoms with E-state index in [0.717, 1.165) is 31.4 Å². The van der Waals surface area contributed by atoms with Gasteiger partial charge in [-0.1, -0.05) is 66.7 Å². The van der Waals surface area contributed by atoms with E-state index in [9.17, 15) is 0 Å². The molecule has 5 aromatic rings. The summed E-state index contributed by atoms with van der Waals surface area (Å²) >= 11 is 0. The predicted molar refractivity (Wildman–Crippen MR) is 146 cm³/mol. The van der Waals surface area contributed by atoms with Crippen molar-refractivity contribution >= 4 is 0 Å². The lowest BCUT2D eigenvalue weighted by Gasteiger charge is -2.28. The van der Waals surface area contributed by atoms with Gasteiger partial charge in [-0.05, 0) is 66.6 Å². The Morgan fingerprint density at radius 1 is 0.556 bits per heavy atom. The van der Waals surface area contributed by atoms with Crippen LogP contribution in [0.25, 0.3) is 39.3 Å². The number of hydrogen-bond donors (Lipinski definition) is 0. The molecule has 7 rings (SSSR count). The number of aryl methyl sites for hydroxylation is 2. The van der Waals surface area contributed by atoms with Crippen molar-refractivity contribution in [2.45, 2.75) is 25.7 Å². The maximum Gasteiger partial charge on any atom is 0.223 e. The maximum atomic E-state index is 5.51.